The second-order valence-electron chi connectivity index (χ2n) is 9.31. The van der Waals surface area contributed by atoms with Gasteiger partial charge in [0.15, 0.2) is 0 Å². The van der Waals surface area contributed by atoms with Crippen molar-refractivity contribution in [1.29, 1.82) is 0 Å². The van der Waals surface area contributed by atoms with Crippen LogP contribution in [-0.2, 0) is 11.8 Å². The summed E-state index contributed by atoms with van der Waals surface area (Å²) in [5, 5.41) is 2.66. The summed E-state index contributed by atoms with van der Waals surface area (Å²) in [6.45, 7) is 13.8. The van der Waals surface area contributed by atoms with E-state index in [1.54, 1.807) is 0 Å². The lowest BCUT2D eigenvalue weighted by Crippen LogP contribution is -2.24. The summed E-state index contributed by atoms with van der Waals surface area (Å²) in [6.07, 6.45) is 3.05. The van der Waals surface area contributed by atoms with Crippen molar-refractivity contribution in [1.82, 2.24) is 4.98 Å². The number of aryl methyl sites for hydroxylation is 1. The number of rotatable bonds is 1. The zero-order valence-corrected chi connectivity index (χ0v) is 16.2. The zero-order chi connectivity index (χ0) is 18.0. The van der Waals surface area contributed by atoms with Crippen molar-refractivity contribution in [3.63, 3.8) is 0 Å². The highest BCUT2D eigenvalue weighted by Crippen LogP contribution is 2.48. The maximum absolute atomic E-state index is 4.79. The highest BCUT2D eigenvalue weighted by molar-refractivity contribution is 6.01. The van der Waals surface area contributed by atoms with Gasteiger partial charge in [0.25, 0.3) is 0 Å². The molecule has 1 heterocycles. The summed E-state index contributed by atoms with van der Waals surface area (Å²) in [6, 6.07) is 13.8. The fraction of sp³-hybridized carbons (Fsp3) is 0.375. The fourth-order valence-electron chi connectivity index (χ4n) is 4.33. The van der Waals surface area contributed by atoms with Crippen LogP contribution in [0.5, 0.6) is 0 Å². The van der Waals surface area contributed by atoms with Gasteiger partial charge in [-0.15, -0.1) is 0 Å². The van der Waals surface area contributed by atoms with Crippen LogP contribution in [-0.4, -0.2) is 4.98 Å². The van der Waals surface area contributed by atoms with Gasteiger partial charge in [-0.3, -0.25) is 4.98 Å². The normalized spacial score (nSPS) is 15.3. The first-order valence-electron chi connectivity index (χ1n) is 9.20. The molecule has 0 fully saturated rings. The van der Waals surface area contributed by atoms with Gasteiger partial charge in [-0.05, 0) is 53.0 Å². The van der Waals surface area contributed by atoms with Crippen molar-refractivity contribution in [2.45, 2.75) is 53.4 Å². The molecule has 1 heteroatoms. The Bertz CT molecular complexity index is 987. The molecule has 25 heavy (non-hydrogen) atoms. The molecule has 0 spiro atoms. The molecule has 0 unspecified atom stereocenters. The van der Waals surface area contributed by atoms with Crippen LogP contribution in [0, 0.1) is 12.3 Å². The summed E-state index contributed by atoms with van der Waals surface area (Å²) in [4.78, 5) is 4.79. The van der Waals surface area contributed by atoms with Gasteiger partial charge in [0.05, 0.1) is 5.69 Å². The molecule has 0 saturated carbocycles. The van der Waals surface area contributed by atoms with Crippen LogP contribution in [0.2, 0.25) is 0 Å². The highest BCUT2D eigenvalue weighted by atomic mass is 14.7. The molecule has 1 aromatic heterocycles. The third-order valence-corrected chi connectivity index (χ3v) is 5.43. The maximum Gasteiger partial charge on any atom is 0.0786 e. The number of benzene rings is 2. The monoisotopic (exact) mass is 329 g/mol. The first-order chi connectivity index (χ1) is 11.7. The molecule has 4 rings (SSSR count). The molecule has 0 N–H and O–H groups in total. The molecule has 128 valence electrons. The van der Waals surface area contributed by atoms with Crippen molar-refractivity contribution in [3.8, 4) is 11.3 Å². The largest absolute Gasteiger partial charge is 0.256 e. The number of hydrogen-bond acceptors (Lipinski definition) is 1. The SMILES string of the molecule is Cc1ccc2c(c1)-c1nccc3cc(CC(C)(C)C)cc(c13)C2(C)C. The van der Waals surface area contributed by atoms with E-state index in [2.05, 4.69) is 77.9 Å². The molecule has 1 aliphatic carbocycles. The van der Waals surface area contributed by atoms with E-state index in [1.807, 2.05) is 6.20 Å². The van der Waals surface area contributed by atoms with Gasteiger partial charge in [0, 0.05) is 22.6 Å². The van der Waals surface area contributed by atoms with Gasteiger partial charge in [0.2, 0.25) is 0 Å². The van der Waals surface area contributed by atoms with Crippen molar-refractivity contribution in [3.05, 3.63) is 64.8 Å². The summed E-state index contributed by atoms with van der Waals surface area (Å²) >= 11 is 0. The average molecular weight is 329 g/mol. The van der Waals surface area contributed by atoms with E-state index in [0.29, 0.717) is 0 Å². The minimum Gasteiger partial charge on any atom is -0.256 e. The van der Waals surface area contributed by atoms with Crippen LogP contribution in [0.1, 0.15) is 56.9 Å². The molecule has 1 nitrogen and oxygen atoms in total. The Labute approximate surface area is 151 Å². The lowest BCUT2D eigenvalue weighted by atomic mass is 9.68. The second-order valence-corrected chi connectivity index (χ2v) is 9.31. The molecule has 0 aliphatic heterocycles. The molecule has 0 radical (unpaired) electrons. The van der Waals surface area contributed by atoms with E-state index in [0.717, 1.165) is 12.1 Å². The minimum atomic E-state index is -0.00872. The second kappa shape index (κ2) is 5.17. The van der Waals surface area contributed by atoms with Gasteiger partial charge in [-0.25, -0.2) is 0 Å². The fourth-order valence-corrected chi connectivity index (χ4v) is 4.33. The van der Waals surface area contributed by atoms with Gasteiger partial charge in [0.1, 0.15) is 0 Å². The average Bonchev–Trinajstić information content (AvgIpc) is 2.50. The van der Waals surface area contributed by atoms with E-state index in [4.69, 9.17) is 4.98 Å². The zero-order valence-electron chi connectivity index (χ0n) is 16.2. The van der Waals surface area contributed by atoms with Crippen LogP contribution in [0.15, 0.2) is 42.6 Å². The van der Waals surface area contributed by atoms with Crippen molar-refractivity contribution >= 4 is 10.8 Å². The number of aromatic nitrogens is 1. The standard InChI is InChI=1S/C24H27N/c1-15-7-8-19-18(11-15)22-21-17(9-10-25-22)12-16(14-23(2,3)4)13-20(21)24(19,5)6/h7-13H,14H2,1-6H3. The van der Waals surface area contributed by atoms with Crippen LogP contribution in [0.25, 0.3) is 22.0 Å². The Balaban J connectivity index is 2.08. The lowest BCUT2D eigenvalue weighted by molar-refractivity contribution is 0.411. The van der Waals surface area contributed by atoms with Crippen LogP contribution < -0.4 is 0 Å². The van der Waals surface area contributed by atoms with Gasteiger partial charge < -0.3 is 0 Å². The molecular formula is C24H27N. The molecule has 0 bridgehead atoms. The Hall–Kier alpha value is -2.15. The molecule has 1 aliphatic rings. The van der Waals surface area contributed by atoms with Gasteiger partial charge >= 0.3 is 0 Å². The van der Waals surface area contributed by atoms with Crippen molar-refractivity contribution in [2.75, 3.05) is 0 Å². The first kappa shape index (κ1) is 16.3. The quantitative estimate of drug-likeness (QED) is 0.501. The molecule has 2 aromatic carbocycles. The van der Waals surface area contributed by atoms with Crippen LogP contribution in [0.3, 0.4) is 0 Å². The van der Waals surface area contributed by atoms with Crippen LogP contribution in [0.4, 0.5) is 0 Å². The Morgan fingerprint density at radius 3 is 2.44 bits per heavy atom. The molecular weight excluding hydrogens is 302 g/mol. The van der Waals surface area contributed by atoms with E-state index < -0.39 is 0 Å². The predicted molar refractivity (Wildman–Crippen MR) is 107 cm³/mol. The van der Waals surface area contributed by atoms with Gasteiger partial charge in [-0.1, -0.05) is 64.4 Å². The van der Waals surface area contributed by atoms with E-state index in [1.165, 1.54) is 38.6 Å². The van der Waals surface area contributed by atoms with Crippen molar-refractivity contribution in [2.24, 2.45) is 5.41 Å². The first-order valence-corrected chi connectivity index (χ1v) is 9.20. The molecule has 0 saturated heterocycles. The Morgan fingerprint density at radius 1 is 0.960 bits per heavy atom. The van der Waals surface area contributed by atoms with E-state index >= 15 is 0 Å². The molecule has 0 amide bonds. The van der Waals surface area contributed by atoms with Crippen LogP contribution >= 0.6 is 0 Å². The Kier molecular flexibility index (Phi) is 3.38. The van der Waals surface area contributed by atoms with Crippen molar-refractivity contribution < 1.29 is 0 Å². The lowest BCUT2D eigenvalue weighted by Gasteiger charge is -2.35. The summed E-state index contributed by atoms with van der Waals surface area (Å²) in [7, 11) is 0. The maximum atomic E-state index is 4.79. The number of pyridine rings is 1. The Morgan fingerprint density at radius 2 is 1.72 bits per heavy atom. The summed E-state index contributed by atoms with van der Waals surface area (Å²) < 4.78 is 0. The number of hydrogen-bond donors (Lipinski definition) is 0. The highest BCUT2D eigenvalue weighted by Gasteiger charge is 2.34. The number of nitrogens with zero attached hydrogens (tertiary/aromatic N) is 1. The van der Waals surface area contributed by atoms with Gasteiger partial charge in [-0.2, -0.15) is 0 Å². The smallest absolute Gasteiger partial charge is 0.0786 e. The third kappa shape index (κ3) is 2.57. The third-order valence-electron chi connectivity index (χ3n) is 5.43. The van der Waals surface area contributed by atoms with E-state index in [-0.39, 0.29) is 10.8 Å². The molecule has 3 aromatic rings. The topological polar surface area (TPSA) is 12.9 Å². The summed E-state index contributed by atoms with van der Waals surface area (Å²) in [5.74, 6) is 0. The number of fused-ring (bicyclic) bond motifs is 2. The van der Waals surface area contributed by atoms with E-state index in [9.17, 15) is 0 Å². The predicted octanol–water partition coefficient (Wildman–Crippen LogP) is 6.44. The minimum absolute atomic E-state index is 0.00872. The summed E-state index contributed by atoms with van der Waals surface area (Å²) in [5.41, 5.74) is 8.24. The molecule has 0 atom stereocenters.